The van der Waals surface area contributed by atoms with Crippen LogP contribution in [0, 0.1) is 30.9 Å². The lowest BCUT2D eigenvalue weighted by molar-refractivity contribution is -0.662. The highest BCUT2D eigenvalue weighted by Gasteiger charge is 2.24. The highest BCUT2D eigenvalue weighted by Crippen LogP contribution is 2.42. The van der Waals surface area contributed by atoms with Gasteiger partial charge >= 0.3 is 0 Å². The van der Waals surface area contributed by atoms with Crippen molar-refractivity contribution < 1.29 is 20.2 Å². The van der Waals surface area contributed by atoms with E-state index in [0.717, 1.165) is 26.8 Å². The van der Waals surface area contributed by atoms with Crippen LogP contribution in [0.1, 0.15) is 23.5 Å². The molecule has 6 rings (SSSR count). The fourth-order valence-corrected chi connectivity index (χ4v) is 4.90. The zero-order chi connectivity index (χ0) is 29.9. The molecule has 37 heavy (non-hydrogen) atoms. The molecule has 0 spiro atoms. The van der Waals surface area contributed by atoms with Crippen molar-refractivity contribution in [3.63, 3.8) is 0 Å². The van der Waals surface area contributed by atoms with Crippen LogP contribution >= 0.6 is 0 Å². The van der Waals surface area contributed by atoms with Crippen LogP contribution in [0.5, 0.6) is 0 Å². The van der Waals surface area contributed by atoms with Crippen molar-refractivity contribution >= 4 is 21.9 Å². The molecule has 0 amide bonds. The second-order valence-corrected chi connectivity index (χ2v) is 8.99. The van der Waals surface area contributed by atoms with Gasteiger partial charge in [-0.15, -0.1) is 0 Å². The predicted octanol–water partition coefficient (Wildman–Crippen LogP) is 8.04. The number of aromatic nitrogens is 1. The van der Waals surface area contributed by atoms with Crippen LogP contribution in [0.25, 0.3) is 55.4 Å². The average Bonchev–Trinajstić information content (AvgIpc) is 3.36. The van der Waals surface area contributed by atoms with Crippen molar-refractivity contribution in [1.82, 2.24) is 0 Å². The Bertz CT molecular complexity index is 2090. The molecule has 4 heteroatoms. The van der Waals surface area contributed by atoms with E-state index in [0.29, 0.717) is 38.6 Å². The van der Waals surface area contributed by atoms with Crippen LogP contribution in [0.2, 0.25) is 0 Å². The lowest BCUT2D eigenvalue weighted by atomic mass is 9.95. The summed E-state index contributed by atoms with van der Waals surface area (Å²) in [4.78, 5) is 0. The summed E-state index contributed by atoms with van der Waals surface area (Å²) in [5, 5.41) is 11.2. The Morgan fingerprint density at radius 2 is 1.70 bits per heavy atom. The molecule has 0 atom stereocenters. The van der Waals surface area contributed by atoms with E-state index in [2.05, 4.69) is 6.07 Å². The standard InChI is InChI=1S/C33H24FN2O/c1-20-12-14-27-31-25(18-35)13-15-26(24-11-7-10-23(17-24)22-8-5-4-6-9-22)32(31)37-33(27)30(20)29-16-21(2)28(34)19-36(29)3/h4-17,19H,1-3H3/q+1/i2D3,16D,19D. The van der Waals surface area contributed by atoms with E-state index in [9.17, 15) is 5.26 Å². The monoisotopic (exact) mass is 488 g/mol. The molecular formula is C33H24FN2O+. The number of furan rings is 1. The molecular weight excluding hydrogens is 459 g/mol. The Kier molecular flexibility index (Phi) is 4.16. The van der Waals surface area contributed by atoms with E-state index in [4.69, 9.17) is 11.3 Å². The molecule has 0 unspecified atom stereocenters. The van der Waals surface area contributed by atoms with Gasteiger partial charge in [0.2, 0.25) is 11.9 Å². The Labute approximate surface area is 221 Å². The molecule has 0 aliphatic rings. The maximum atomic E-state index is 15.0. The number of fused-ring (bicyclic) bond motifs is 3. The fourth-order valence-electron chi connectivity index (χ4n) is 4.90. The van der Waals surface area contributed by atoms with Crippen molar-refractivity contribution in [1.29, 1.82) is 5.26 Å². The van der Waals surface area contributed by atoms with Gasteiger partial charge in [0, 0.05) is 26.5 Å². The predicted molar refractivity (Wildman–Crippen MR) is 145 cm³/mol. The molecule has 3 nitrogen and oxygen atoms in total. The van der Waals surface area contributed by atoms with Crippen LogP contribution in [-0.2, 0) is 7.05 Å². The minimum absolute atomic E-state index is 0.0424. The summed E-state index contributed by atoms with van der Waals surface area (Å²) in [7, 11) is 1.42. The minimum atomic E-state index is -2.94. The molecule has 178 valence electrons. The quantitative estimate of drug-likeness (QED) is 0.237. The summed E-state index contributed by atoms with van der Waals surface area (Å²) in [6.07, 6.45) is -0.657. The summed E-state index contributed by atoms with van der Waals surface area (Å²) < 4.78 is 63.5. The molecule has 2 heterocycles. The van der Waals surface area contributed by atoms with E-state index in [1.54, 1.807) is 19.1 Å². The van der Waals surface area contributed by atoms with Gasteiger partial charge in [0.25, 0.3) is 0 Å². The first-order valence-corrected chi connectivity index (χ1v) is 11.8. The molecule has 4 aromatic carbocycles. The molecule has 2 aromatic heterocycles. The molecule has 0 aliphatic carbocycles. The number of aryl methyl sites for hydroxylation is 1. The fraction of sp³-hybridized carbons (Fsp3) is 0.0909. The lowest BCUT2D eigenvalue weighted by Crippen LogP contribution is -2.31. The Balaban J connectivity index is 1.70. The molecule has 0 radical (unpaired) electrons. The van der Waals surface area contributed by atoms with Crippen molar-refractivity contribution in [3.8, 4) is 39.6 Å². The number of nitrogens with zero attached hydrogens (tertiary/aromatic N) is 2. The summed E-state index contributed by atoms with van der Waals surface area (Å²) in [6, 6.07) is 26.8. The number of nitriles is 1. The summed E-state index contributed by atoms with van der Waals surface area (Å²) in [5.41, 5.74) is 5.08. The Hall–Kier alpha value is -4.75. The average molecular weight is 489 g/mol. The molecule has 0 fully saturated rings. The van der Waals surface area contributed by atoms with Gasteiger partial charge in [-0.2, -0.15) is 9.83 Å². The highest BCUT2D eigenvalue weighted by atomic mass is 19.1. The third-order valence-corrected chi connectivity index (χ3v) is 6.70. The molecule has 0 bridgehead atoms. The van der Waals surface area contributed by atoms with Gasteiger partial charge in [0.15, 0.2) is 5.82 Å². The third kappa shape index (κ3) is 3.68. The minimum Gasteiger partial charge on any atom is -0.454 e. The van der Waals surface area contributed by atoms with Gasteiger partial charge in [-0.1, -0.05) is 60.7 Å². The van der Waals surface area contributed by atoms with Crippen LogP contribution in [0.4, 0.5) is 4.39 Å². The first-order valence-electron chi connectivity index (χ1n) is 14.3. The van der Waals surface area contributed by atoms with Crippen LogP contribution < -0.4 is 4.57 Å². The molecule has 6 aromatic rings. The maximum Gasteiger partial charge on any atom is 0.216 e. The van der Waals surface area contributed by atoms with E-state index in [-0.39, 0.29) is 5.69 Å². The topological polar surface area (TPSA) is 40.8 Å². The van der Waals surface area contributed by atoms with Gasteiger partial charge < -0.3 is 4.42 Å². The van der Waals surface area contributed by atoms with Crippen molar-refractivity contribution in [2.45, 2.75) is 13.8 Å². The van der Waals surface area contributed by atoms with E-state index >= 15 is 4.39 Å². The second kappa shape index (κ2) is 8.72. The van der Waals surface area contributed by atoms with Gasteiger partial charge in [0.1, 0.15) is 19.6 Å². The van der Waals surface area contributed by atoms with Crippen LogP contribution in [-0.4, -0.2) is 0 Å². The third-order valence-electron chi connectivity index (χ3n) is 6.70. The lowest BCUT2D eigenvalue weighted by Gasteiger charge is -2.07. The van der Waals surface area contributed by atoms with Crippen LogP contribution in [0.15, 0.2) is 95.5 Å². The second-order valence-electron chi connectivity index (χ2n) is 8.99. The molecule has 0 N–H and O–H groups in total. The number of pyridine rings is 1. The molecule has 0 saturated carbocycles. The zero-order valence-corrected chi connectivity index (χ0v) is 20.2. The molecule has 0 saturated heterocycles. The van der Waals surface area contributed by atoms with E-state index in [1.165, 1.54) is 7.05 Å². The number of hydrogen-bond donors (Lipinski definition) is 0. The first-order chi connectivity index (χ1) is 20.0. The van der Waals surface area contributed by atoms with Gasteiger partial charge in [-0.05, 0) is 59.8 Å². The Morgan fingerprint density at radius 1 is 0.919 bits per heavy atom. The van der Waals surface area contributed by atoms with Crippen molar-refractivity contribution in [2.24, 2.45) is 7.05 Å². The first kappa shape index (κ1) is 17.6. The number of hydrogen-bond acceptors (Lipinski definition) is 2. The maximum absolute atomic E-state index is 15.0. The van der Waals surface area contributed by atoms with Gasteiger partial charge in [-0.25, -0.2) is 4.39 Å². The number of rotatable bonds is 3. The van der Waals surface area contributed by atoms with Gasteiger partial charge in [-0.3, -0.25) is 0 Å². The van der Waals surface area contributed by atoms with Gasteiger partial charge in [0.05, 0.1) is 18.6 Å². The SMILES string of the molecule is [2H]c1c(C([2H])([2H])[2H])c(F)c([2H])[n+](C)c1-c1c(C)ccc2c1oc1c(-c3cccc(-c4ccccc4)c3)ccc(C#N)c12. The summed E-state index contributed by atoms with van der Waals surface area (Å²) in [6.45, 7) is -1.17. The van der Waals surface area contributed by atoms with E-state index in [1.807, 2.05) is 66.7 Å². The van der Waals surface area contributed by atoms with E-state index < -0.39 is 30.4 Å². The largest absolute Gasteiger partial charge is 0.454 e. The smallest absolute Gasteiger partial charge is 0.216 e. The van der Waals surface area contributed by atoms with Crippen molar-refractivity contribution in [3.05, 3.63) is 114 Å². The van der Waals surface area contributed by atoms with Crippen LogP contribution in [0.3, 0.4) is 0 Å². The highest BCUT2D eigenvalue weighted by molar-refractivity contribution is 6.15. The Morgan fingerprint density at radius 3 is 2.49 bits per heavy atom. The zero-order valence-electron chi connectivity index (χ0n) is 25.2. The number of benzene rings is 4. The normalized spacial score (nSPS) is 13.5. The number of halogens is 1. The van der Waals surface area contributed by atoms with Crippen molar-refractivity contribution in [2.75, 3.05) is 0 Å². The molecule has 0 aliphatic heterocycles. The summed E-state index contributed by atoms with van der Waals surface area (Å²) in [5.74, 6) is -1.26. The summed E-state index contributed by atoms with van der Waals surface area (Å²) >= 11 is 0.